The zero-order valence-corrected chi connectivity index (χ0v) is 11.4. The molecule has 3 rings (SSSR count). The number of fused-ring (bicyclic) bond motifs is 1. The van der Waals surface area contributed by atoms with Gasteiger partial charge >= 0.3 is 0 Å². The first-order valence-corrected chi connectivity index (χ1v) is 6.78. The molecule has 1 aromatic carbocycles. The predicted octanol–water partition coefficient (Wildman–Crippen LogP) is 0.796. The van der Waals surface area contributed by atoms with Gasteiger partial charge in [-0.3, -0.25) is 9.59 Å². The molecule has 0 saturated carbocycles. The van der Waals surface area contributed by atoms with Crippen LogP contribution in [0.3, 0.4) is 0 Å². The van der Waals surface area contributed by atoms with Crippen molar-refractivity contribution in [2.75, 3.05) is 30.0 Å². The van der Waals surface area contributed by atoms with Crippen LogP contribution in [0, 0.1) is 0 Å². The fourth-order valence-corrected chi connectivity index (χ4v) is 2.71. The van der Waals surface area contributed by atoms with Crippen LogP contribution in [0.25, 0.3) is 0 Å². The van der Waals surface area contributed by atoms with E-state index in [-0.39, 0.29) is 17.9 Å². The third-order valence-corrected chi connectivity index (χ3v) is 3.93. The van der Waals surface area contributed by atoms with Gasteiger partial charge in [0.25, 0.3) is 0 Å². The van der Waals surface area contributed by atoms with Gasteiger partial charge in [-0.05, 0) is 30.5 Å². The molecule has 1 unspecified atom stereocenters. The Morgan fingerprint density at radius 1 is 1.35 bits per heavy atom. The second-order valence-electron chi connectivity index (χ2n) is 5.39. The normalized spacial score (nSPS) is 21.6. The minimum atomic E-state index is -0.210. The lowest BCUT2D eigenvalue weighted by molar-refractivity contribution is -0.127. The van der Waals surface area contributed by atoms with Gasteiger partial charge < -0.3 is 21.3 Å². The summed E-state index contributed by atoms with van der Waals surface area (Å²) in [7, 11) is 1.80. The Hall–Kier alpha value is -2.24. The molecule has 1 atom stereocenters. The second-order valence-corrected chi connectivity index (χ2v) is 5.39. The Morgan fingerprint density at radius 3 is 2.85 bits per heavy atom. The van der Waals surface area contributed by atoms with E-state index >= 15 is 0 Å². The van der Waals surface area contributed by atoms with Crippen molar-refractivity contribution >= 4 is 28.9 Å². The smallest absolute Gasteiger partial charge is 0.244 e. The van der Waals surface area contributed by atoms with E-state index in [4.69, 9.17) is 5.73 Å². The van der Waals surface area contributed by atoms with E-state index in [0.29, 0.717) is 18.5 Å². The summed E-state index contributed by atoms with van der Waals surface area (Å²) < 4.78 is 0. The molecule has 20 heavy (non-hydrogen) atoms. The highest BCUT2D eigenvalue weighted by Crippen LogP contribution is 2.32. The summed E-state index contributed by atoms with van der Waals surface area (Å²) in [6.45, 7) is 0.761. The van der Waals surface area contributed by atoms with Crippen LogP contribution >= 0.6 is 0 Å². The van der Waals surface area contributed by atoms with Crippen molar-refractivity contribution in [3.8, 4) is 0 Å². The van der Waals surface area contributed by atoms with Crippen LogP contribution < -0.4 is 16.4 Å². The Bertz CT molecular complexity index is 585. The zero-order chi connectivity index (χ0) is 14.3. The molecule has 1 fully saturated rings. The lowest BCUT2D eigenvalue weighted by Gasteiger charge is -2.21. The number of nitrogens with zero attached hydrogens (tertiary/aromatic N) is 1. The maximum Gasteiger partial charge on any atom is 0.244 e. The van der Waals surface area contributed by atoms with Gasteiger partial charge in [0.2, 0.25) is 11.8 Å². The Labute approximate surface area is 117 Å². The number of carbonyl (C=O) groups is 2. The highest BCUT2D eigenvalue weighted by atomic mass is 16.2. The Kier molecular flexibility index (Phi) is 3.00. The summed E-state index contributed by atoms with van der Waals surface area (Å²) in [4.78, 5) is 25.0. The number of nitrogens with one attached hydrogen (secondary N) is 2. The minimum Gasteiger partial charge on any atom is -0.397 e. The van der Waals surface area contributed by atoms with E-state index in [1.54, 1.807) is 18.0 Å². The average molecular weight is 274 g/mol. The standard InChI is InChI=1S/C14H18N4O2/c1-18-5-4-10(14(18)20)16-12-6-8-2-3-13(19)17-11(8)7-9(12)15/h6-7,10,16H,2-5,15H2,1H3,(H,17,19). The summed E-state index contributed by atoms with van der Waals surface area (Å²) in [6, 6.07) is 3.49. The Morgan fingerprint density at radius 2 is 2.15 bits per heavy atom. The van der Waals surface area contributed by atoms with Crippen LogP contribution in [0.5, 0.6) is 0 Å². The van der Waals surface area contributed by atoms with E-state index in [1.165, 1.54) is 0 Å². The SMILES string of the molecule is CN1CCC(Nc2cc3c(cc2N)NC(=O)CC3)C1=O. The van der Waals surface area contributed by atoms with Crippen molar-refractivity contribution in [1.82, 2.24) is 4.90 Å². The summed E-state index contributed by atoms with van der Waals surface area (Å²) in [5.41, 5.74) is 9.16. The third-order valence-electron chi connectivity index (χ3n) is 3.93. The van der Waals surface area contributed by atoms with E-state index in [2.05, 4.69) is 10.6 Å². The minimum absolute atomic E-state index is 0.0187. The molecular weight excluding hydrogens is 256 g/mol. The molecule has 2 aliphatic heterocycles. The molecule has 6 nitrogen and oxygen atoms in total. The van der Waals surface area contributed by atoms with Gasteiger partial charge in [0, 0.05) is 25.7 Å². The number of benzene rings is 1. The molecule has 0 spiro atoms. The molecule has 2 aliphatic rings. The van der Waals surface area contributed by atoms with E-state index < -0.39 is 0 Å². The highest BCUT2D eigenvalue weighted by Gasteiger charge is 2.29. The average Bonchev–Trinajstić information content (AvgIpc) is 2.72. The van der Waals surface area contributed by atoms with Gasteiger partial charge in [-0.2, -0.15) is 0 Å². The first-order chi connectivity index (χ1) is 9.54. The number of rotatable bonds is 2. The van der Waals surface area contributed by atoms with Crippen molar-refractivity contribution in [1.29, 1.82) is 0 Å². The van der Waals surface area contributed by atoms with Gasteiger partial charge in [-0.15, -0.1) is 0 Å². The molecule has 0 radical (unpaired) electrons. The number of nitrogens with two attached hydrogens (primary N) is 1. The van der Waals surface area contributed by atoms with Crippen molar-refractivity contribution in [3.05, 3.63) is 17.7 Å². The topological polar surface area (TPSA) is 87.5 Å². The maximum absolute atomic E-state index is 11.9. The number of anilines is 3. The van der Waals surface area contributed by atoms with Crippen molar-refractivity contribution in [2.45, 2.75) is 25.3 Å². The van der Waals surface area contributed by atoms with Crippen molar-refractivity contribution in [3.63, 3.8) is 0 Å². The van der Waals surface area contributed by atoms with Crippen LogP contribution in [0.4, 0.5) is 17.1 Å². The first kappa shape index (κ1) is 12.8. The number of amides is 2. The Balaban J connectivity index is 1.84. The molecule has 4 N–H and O–H groups in total. The lowest BCUT2D eigenvalue weighted by atomic mass is 10.0. The largest absolute Gasteiger partial charge is 0.397 e. The molecule has 0 bridgehead atoms. The second kappa shape index (κ2) is 4.70. The number of likely N-dealkylation sites (tertiary alicyclic amines) is 1. The number of nitrogen functional groups attached to an aromatic ring is 1. The molecule has 1 aromatic rings. The molecule has 0 aliphatic carbocycles. The van der Waals surface area contributed by atoms with E-state index in [9.17, 15) is 9.59 Å². The van der Waals surface area contributed by atoms with E-state index in [0.717, 1.165) is 29.9 Å². The third kappa shape index (κ3) is 2.17. The van der Waals surface area contributed by atoms with Gasteiger partial charge in [0.1, 0.15) is 6.04 Å². The van der Waals surface area contributed by atoms with Crippen LogP contribution in [0.1, 0.15) is 18.4 Å². The fraction of sp³-hybridized carbons (Fsp3) is 0.429. The van der Waals surface area contributed by atoms with Crippen LogP contribution in [-0.2, 0) is 16.0 Å². The maximum atomic E-state index is 11.9. The first-order valence-electron chi connectivity index (χ1n) is 6.78. The van der Waals surface area contributed by atoms with Gasteiger partial charge in [-0.1, -0.05) is 0 Å². The molecule has 2 amide bonds. The number of carbonyl (C=O) groups excluding carboxylic acids is 2. The number of aryl methyl sites for hydroxylation is 1. The van der Waals surface area contributed by atoms with Crippen LogP contribution in [0.15, 0.2) is 12.1 Å². The van der Waals surface area contributed by atoms with E-state index in [1.807, 2.05) is 6.07 Å². The molecule has 6 heteroatoms. The quantitative estimate of drug-likeness (QED) is 0.696. The molecule has 0 aromatic heterocycles. The molecule has 1 saturated heterocycles. The van der Waals surface area contributed by atoms with Crippen molar-refractivity contribution in [2.24, 2.45) is 0 Å². The molecule has 106 valence electrons. The highest BCUT2D eigenvalue weighted by molar-refractivity contribution is 5.96. The fourth-order valence-electron chi connectivity index (χ4n) is 2.71. The summed E-state index contributed by atoms with van der Waals surface area (Å²) >= 11 is 0. The summed E-state index contributed by atoms with van der Waals surface area (Å²) in [5.74, 6) is 0.112. The van der Waals surface area contributed by atoms with Crippen LogP contribution in [0.2, 0.25) is 0 Å². The summed E-state index contributed by atoms with van der Waals surface area (Å²) in [5, 5.41) is 6.04. The van der Waals surface area contributed by atoms with Crippen LogP contribution in [-0.4, -0.2) is 36.3 Å². The zero-order valence-electron chi connectivity index (χ0n) is 11.4. The lowest BCUT2D eigenvalue weighted by Crippen LogP contribution is -2.31. The van der Waals surface area contributed by atoms with Gasteiger partial charge in [0.05, 0.1) is 11.4 Å². The van der Waals surface area contributed by atoms with Gasteiger partial charge in [0.15, 0.2) is 0 Å². The number of likely N-dealkylation sites (N-methyl/N-ethyl adjacent to an activating group) is 1. The van der Waals surface area contributed by atoms with Crippen molar-refractivity contribution < 1.29 is 9.59 Å². The number of hydrogen-bond donors (Lipinski definition) is 3. The summed E-state index contributed by atoms with van der Waals surface area (Å²) in [6.07, 6.45) is 1.97. The van der Waals surface area contributed by atoms with Gasteiger partial charge in [-0.25, -0.2) is 0 Å². The monoisotopic (exact) mass is 274 g/mol. The number of hydrogen-bond acceptors (Lipinski definition) is 4. The molecular formula is C14H18N4O2. The predicted molar refractivity (Wildman–Crippen MR) is 77.5 cm³/mol. The molecule has 2 heterocycles.